The predicted molar refractivity (Wildman–Crippen MR) is 140 cm³/mol. The Bertz CT molecular complexity index is 1450. The maximum Gasteiger partial charge on any atom is 0.266 e. The number of aryl methyl sites for hydroxylation is 1. The van der Waals surface area contributed by atoms with E-state index in [1.165, 1.54) is 13.2 Å². The van der Waals surface area contributed by atoms with Crippen molar-refractivity contribution in [1.82, 2.24) is 0 Å². The SMILES string of the molecule is COc1cc(/C=C(\C#N)C(=O)Nc2ccc(C)cc2)cc(Cl)c1OCc1cccc2ccccc12. The number of amides is 1. The van der Waals surface area contributed by atoms with Crippen LogP contribution in [0, 0.1) is 18.3 Å². The quantitative estimate of drug-likeness (QED) is 0.229. The predicted octanol–water partition coefficient (Wildman–Crippen LogP) is 6.93. The molecule has 0 aliphatic rings. The number of benzene rings is 4. The minimum atomic E-state index is -0.511. The molecule has 0 bridgehead atoms. The zero-order valence-electron chi connectivity index (χ0n) is 19.3. The van der Waals surface area contributed by atoms with Gasteiger partial charge in [0, 0.05) is 5.69 Å². The molecule has 35 heavy (non-hydrogen) atoms. The van der Waals surface area contributed by atoms with Crippen LogP contribution >= 0.6 is 11.6 Å². The second-order valence-electron chi connectivity index (χ2n) is 7.95. The third-order valence-corrected chi connectivity index (χ3v) is 5.77. The zero-order chi connectivity index (χ0) is 24.8. The third-order valence-electron chi connectivity index (χ3n) is 5.49. The van der Waals surface area contributed by atoms with Crippen LogP contribution in [0.15, 0.2) is 84.4 Å². The van der Waals surface area contributed by atoms with E-state index < -0.39 is 5.91 Å². The number of methoxy groups -OCH3 is 1. The lowest BCUT2D eigenvalue weighted by atomic mass is 10.1. The average Bonchev–Trinajstić information content (AvgIpc) is 2.87. The minimum Gasteiger partial charge on any atom is -0.493 e. The summed E-state index contributed by atoms with van der Waals surface area (Å²) < 4.78 is 11.6. The van der Waals surface area contributed by atoms with Gasteiger partial charge >= 0.3 is 0 Å². The lowest BCUT2D eigenvalue weighted by Gasteiger charge is -2.14. The Morgan fingerprint density at radius 2 is 1.80 bits per heavy atom. The largest absolute Gasteiger partial charge is 0.493 e. The molecular formula is C29H23ClN2O3. The van der Waals surface area contributed by atoms with Crippen LogP contribution in [0.25, 0.3) is 16.8 Å². The molecule has 4 aromatic carbocycles. The number of fused-ring (bicyclic) bond motifs is 1. The van der Waals surface area contributed by atoms with E-state index in [2.05, 4.69) is 17.4 Å². The molecule has 4 aromatic rings. The molecule has 174 valence electrons. The van der Waals surface area contributed by atoms with Crippen molar-refractivity contribution in [1.29, 1.82) is 5.26 Å². The Morgan fingerprint density at radius 1 is 1.06 bits per heavy atom. The topological polar surface area (TPSA) is 71.3 Å². The van der Waals surface area contributed by atoms with E-state index in [-0.39, 0.29) is 5.57 Å². The van der Waals surface area contributed by atoms with Crippen LogP contribution in [0.4, 0.5) is 5.69 Å². The summed E-state index contributed by atoms with van der Waals surface area (Å²) in [6.45, 7) is 2.26. The molecule has 5 nitrogen and oxygen atoms in total. The van der Waals surface area contributed by atoms with Crippen LogP contribution in [-0.2, 0) is 11.4 Å². The second kappa shape index (κ2) is 10.8. The molecule has 6 heteroatoms. The van der Waals surface area contributed by atoms with Crippen LogP contribution < -0.4 is 14.8 Å². The van der Waals surface area contributed by atoms with Gasteiger partial charge < -0.3 is 14.8 Å². The van der Waals surface area contributed by atoms with Gasteiger partial charge in [-0.2, -0.15) is 5.26 Å². The number of hydrogen-bond donors (Lipinski definition) is 1. The monoisotopic (exact) mass is 482 g/mol. The van der Waals surface area contributed by atoms with Gasteiger partial charge in [0.2, 0.25) is 0 Å². The first-order valence-electron chi connectivity index (χ1n) is 11.0. The minimum absolute atomic E-state index is 0.0619. The summed E-state index contributed by atoms with van der Waals surface area (Å²) in [5.41, 5.74) is 3.18. The van der Waals surface area contributed by atoms with Crippen molar-refractivity contribution in [3.63, 3.8) is 0 Å². The van der Waals surface area contributed by atoms with Gasteiger partial charge in [-0.05, 0) is 59.2 Å². The first-order chi connectivity index (χ1) is 17.0. The van der Waals surface area contributed by atoms with Crippen molar-refractivity contribution in [2.45, 2.75) is 13.5 Å². The van der Waals surface area contributed by atoms with Crippen LogP contribution in [0.1, 0.15) is 16.7 Å². The molecule has 0 heterocycles. The molecule has 0 unspecified atom stereocenters. The van der Waals surface area contributed by atoms with E-state index >= 15 is 0 Å². The van der Waals surface area contributed by atoms with Crippen LogP contribution in [-0.4, -0.2) is 13.0 Å². The van der Waals surface area contributed by atoms with Gasteiger partial charge in [0.1, 0.15) is 18.2 Å². The van der Waals surface area contributed by atoms with Crippen LogP contribution in [0.5, 0.6) is 11.5 Å². The van der Waals surface area contributed by atoms with E-state index in [4.69, 9.17) is 21.1 Å². The maximum atomic E-state index is 12.6. The van der Waals surface area contributed by atoms with Crippen LogP contribution in [0.3, 0.4) is 0 Å². The van der Waals surface area contributed by atoms with E-state index in [9.17, 15) is 10.1 Å². The molecule has 0 saturated heterocycles. The van der Waals surface area contributed by atoms with Gasteiger partial charge in [-0.1, -0.05) is 71.8 Å². The highest BCUT2D eigenvalue weighted by Gasteiger charge is 2.15. The van der Waals surface area contributed by atoms with Crippen molar-refractivity contribution in [2.24, 2.45) is 0 Å². The average molecular weight is 483 g/mol. The molecule has 1 amide bonds. The van der Waals surface area contributed by atoms with Crippen molar-refractivity contribution in [3.8, 4) is 17.6 Å². The number of nitriles is 1. The highest BCUT2D eigenvalue weighted by molar-refractivity contribution is 6.32. The van der Waals surface area contributed by atoms with Gasteiger partial charge in [-0.25, -0.2) is 0 Å². The molecule has 0 spiro atoms. The standard InChI is InChI=1S/C29H23ClN2O3/c1-19-10-12-24(13-11-19)32-29(33)23(17-31)14-20-15-26(30)28(27(16-20)34-2)35-18-22-8-5-7-21-6-3-4-9-25(21)22/h3-16H,18H2,1-2H3,(H,32,33)/b23-14+. The fraction of sp³-hybridized carbons (Fsp3) is 0.103. The van der Waals surface area contributed by atoms with E-state index in [1.54, 1.807) is 24.3 Å². The first-order valence-corrected chi connectivity index (χ1v) is 11.3. The summed E-state index contributed by atoms with van der Waals surface area (Å²) in [5.74, 6) is 0.282. The number of ether oxygens (including phenoxy) is 2. The Kier molecular flexibility index (Phi) is 7.35. The van der Waals surface area contributed by atoms with E-state index in [0.29, 0.717) is 34.4 Å². The third kappa shape index (κ3) is 5.63. The van der Waals surface area contributed by atoms with Gasteiger partial charge in [-0.15, -0.1) is 0 Å². The molecular weight excluding hydrogens is 460 g/mol. The fourth-order valence-electron chi connectivity index (χ4n) is 3.68. The number of carbonyl (C=O) groups excluding carboxylic acids is 1. The first kappa shape index (κ1) is 23.9. The summed E-state index contributed by atoms with van der Waals surface area (Å²) >= 11 is 6.53. The number of carbonyl (C=O) groups is 1. The highest BCUT2D eigenvalue weighted by Crippen LogP contribution is 2.38. The molecule has 0 aliphatic heterocycles. The second-order valence-corrected chi connectivity index (χ2v) is 8.36. The molecule has 0 radical (unpaired) electrons. The molecule has 0 saturated carbocycles. The number of anilines is 1. The summed E-state index contributed by atoms with van der Waals surface area (Å²) in [5, 5.41) is 14.8. The van der Waals surface area contributed by atoms with Crippen LogP contribution in [0.2, 0.25) is 5.02 Å². The molecule has 0 aromatic heterocycles. The van der Waals surface area contributed by atoms with E-state index in [1.807, 2.05) is 55.5 Å². The molecule has 4 rings (SSSR count). The van der Waals surface area contributed by atoms with Gasteiger partial charge in [-0.3, -0.25) is 4.79 Å². The fourth-order valence-corrected chi connectivity index (χ4v) is 3.96. The van der Waals surface area contributed by atoms with Crippen molar-refractivity contribution < 1.29 is 14.3 Å². The summed E-state index contributed by atoms with van der Waals surface area (Å²) in [6.07, 6.45) is 1.46. The van der Waals surface area contributed by atoms with Crippen molar-refractivity contribution in [3.05, 3.63) is 106 Å². The van der Waals surface area contributed by atoms with Gasteiger partial charge in [0.05, 0.1) is 12.1 Å². The number of nitrogens with one attached hydrogen (secondary N) is 1. The molecule has 0 fully saturated rings. The molecule has 0 aliphatic carbocycles. The number of nitrogens with zero attached hydrogens (tertiary/aromatic N) is 1. The number of rotatable bonds is 7. The Labute approximate surface area is 209 Å². The maximum absolute atomic E-state index is 12.6. The van der Waals surface area contributed by atoms with Gasteiger partial charge in [0.25, 0.3) is 5.91 Å². The molecule has 0 atom stereocenters. The lowest BCUT2D eigenvalue weighted by Crippen LogP contribution is -2.13. The smallest absolute Gasteiger partial charge is 0.266 e. The summed E-state index contributed by atoms with van der Waals surface area (Å²) in [7, 11) is 1.51. The molecule has 1 N–H and O–H groups in total. The Hall–Kier alpha value is -4.27. The number of hydrogen-bond acceptors (Lipinski definition) is 4. The Morgan fingerprint density at radius 3 is 2.54 bits per heavy atom. The zero-order valence-corrected chi connectivity index (χ0v) is 20.1. The summed E-state index contributed by atoms with van der Waals surface area (Å²) in [4.78, 5) is 12.6. The van der Waals surface area contributed by atoms with E-state index in [0.717, 1.165) is 21.9 Å². The Balaban J connectivity index is 1.56. The van der Waals surface area contributed by atoms with Gasteiger partial charge in [0.15, 0.2) is 11.5 Å². The normalized spacial score (nSPS) is 11.1. The summed E-state index contributed by atoms with van der Waals surface area (Å²) in [6, 6.07) is 26.7. The van der Waals surface area contributed by atoms with Crippen molar-refractivity contribution in [2.75, 3.05) is 12.4 Å². The highest BCUT2D eigenvalue weighted by atomic mass is 35.5. The lowest BCUT2D eigenvalue weighted by molar-refractivity contribution is -0.112. The van der Waals surface area contributed by atoms with Crippen molar-refractivity contribution >= 4 is 40.0 Å². The number of halogens is 1.